The number of aromatic nitrogens is 2. The molecule has 2 aromatic rings. The summed E-state index contributed by atoms with van der Waals surface area (Å²) in [4.78, 5) is 37.0. The van der Waals surface area contributed by atoms with Crippen molar-refractivity contribution in [1.82, 2.24) is 19.8 Å². The van der Waals surface area contributed by atoms with Crippen LogP contribution in [-0.4, -0.2) is 52.4 Å². The maximum absolute atomic E-state index is 12.9. The van der Waals surface area contributed by atoms with Crippen LogP contribution >= 0.6 is 0 Å². The summed E-state index contributed by atoms with van der Waals surface area (Å²) in [6.45, 7) is 5.60. The van der Waals surface area contributed by atoms with E-state index in [-0.39, 0.29) is 17.4 Å². The van der Waals surface area contributed by atoms with Crippen LogP contribution in [-0.2, 0) is 24.3 Å². The quantitative estimate of drug-likeness (QED) is 0.791. The number of H-pyrrole nitrogens is 1. The van der Waals surface area contributed by atoms with Crippen molar-refractivity contribution in [2.24, 2.45) is 0 Å². The molecule has 3 heterocycles. The van der Waals surface area contributed by atoms with Gasteiger partial charge in [-0.05, 0) is 18.9 Å². The molecule has 1 aromatic heterocycles. The van der Waals surface area contributed by atoms with Crippen molar-refractivity contribution in [3.63, 3.8) is 0 Å². The van der Waals surface area contributed by atoms with Gasteiger partial charge in [-0.1, -0.05) is 25.1 Å². The van der Waals surface area contributed by atoms with Gasteiger partial charge in [0.25, 0.3) is 5.56 Å². The van der Waals surface area contributed by atoms with E-state index in [0.29, 0.717) is 19.5 Å². The molecule has 1 atom stereocenters. The van der Waals surface area contributed by atoms with E-state index in [0.717, 1.165) is 67.3 Å². The number of methoxy groups -OCH3 is 1. The maximum Gasteiger partial charge on any atom is 0.255 e. The smallest absolute Gasteiger partial charge is 0.255 e. The van der Waals surface area contributed by atoms with Gasteiger partial charge in [0.05, 0.1) is 18.4 Å². The summed E-state index contributed by atoms with van der Waals surface area (Å²) in [5, 5.41) is 0. The molecule has 1 unspecified atom stereocenters. The number of likely N-dealkylation sites (tertiary alicyclic amines) is 1. The van der Waals surface area contributed by atoms with Crippen molar-refractivity contribution in [2.75, 3.05) is 26.7 Å². The molecule has 0 bridgehead atoms. The number of hydrogen-bond donors (Lipinski definition) is 1. The van der Waals surface area contributed by atoms with Crippen LogP contribution in [0.25, 0.3) is 0 Å². The summed E-state index contributed by atoms with van der Waals surface area (Å²) in [5.41, 5.74) is 2.74. The fraction of sp³-hybridized carbons (Fsp3) is 0.522. The molecular weight excluding hydrogens is 380 g/mol. The number of para-hydroxylation sites is 1. The van der Waals surface area contributed by atoms with Gasteiger partial charge in [-0.2, -0.15) is 0 Å². The normalized spacial score (nSPS) is 19.0. The summed E-state index contributed by atoms with van der Waals surface area (Å²) in [7, 11) is 1.68. The Hall–Kier alpha value is -2.67. The molecule has 4 rings (SSSR count). The molecule has 0 aliphatic carbocycles. The van der Waals surface area contributed by atoms with E-state index in [9.17, 15) is 9.59 Å². The Kier molecular flexibility index (Phi) is 6.18. The van der Waals surface area contributed by atoms with Gasteiger partial charge >= 0.3 is 0 Å². The minimum Gasteiger partial charge on any atom is -0.496 e. The molecule has 2 aliphatic rings. The zero-order valence-corrected chi connectivity index (χ0v) is 17.8. The number of hydrogen-bond acceptors (Lipinski definition) is 5. The highest BCUT2D eigenvalue weighted by Crippen LogP contribution is 2.27. The number of nitrogens with one attached hydrogen (secondary N) is 1. The number of nitrogens with zero attached hydrogens (tertiary/aromatic N) is 3. The zero-order valence-electron chi connectivity index (χ0n) is 17.8. The average molecular weight is 411 g/mol. The van der Waals surface area contributed by atoms with Crippen LogP contribution in [0.3, 0.4) is 0 Å². The number of rotatable bonds is 6. The van der Waals surface area contributed by atoms with E-state index in [1.807, 2.05) is 30.0 Å². The second-order valence-electron chi connectivity index (χ2n) is 8.22. The summed E-state index contributed by atoms with van der Waals surface area (Å²) >= 11 is 0. The first-order chi connectivity index (χ1) is 14.6. The third kappa shape index (κ3) is 4.26. The molecule has 30 heavy (non-hydrogen) atoms. The molecule has 0 radical (unpaired) electrons. The summed E-state index contributed by atoms with van der Waals surface area (Å²) in [5.74, 6) is 1.93. The molecular formula is C23H30N4O3. The Labute approximate surface area is 177 Å². The molecule has 160 valence electrons. The predicted octanol–water partition coefficient (Wildman–Crippen LogP) is 2.45. The molecule has 1 N–H and O–H groups in total. The number of benzene rings is 1. The maximum atomic E-state index is 12.9. The standard InChI is InChI=1S/C23H30N4O3/c1-3-6-21(28)27-12-9-17(14-27)22-24-19-10-11-26(15-18(19)23(29)25-22)13-16-7-4-5-8-20(16)30-2/h4-5,7-8,17H,3,6,9-15H2,1-2H3,(H,24,25,29). The molecule has 1 aromatic carbocycles. The fourth-order valence-corrected chi connectivity index (χ4v) is 4.48. The number of amides is 1. The van der Waals surface area contributed by atoms with E-state index < -0.39 is 0 Å². The summed E-state index contributed by atoms with van der Waals surface area (Å²) < 4.78 is 5.46. The van der Waals surface area contributed by atoms with Crippen LogP contribution in [0.2, 0.25) is 0 Å². The minimum atomic E-state index is -0.0435. The fourth-order valence-electron chi connectivity index (χ4n) is 4.48. The van der Waals surface area contributed by atoms with Crippen LogP contribution in [0, 0.1) is 0 Å². The van der Waals surface area contributed by atoms with Crippen LogP contribution in [0.1, 0.15) is 54.7 Å². The Bertz CT molecular complexity index is 971. The Morgan fingerprint density at radius 3 is 2.93 bits per heavy atom. The second-order valence-corrected chi connectivity index (χ2v) is 8.22. The van der Waals surface area contributed by atoms with E-state index in [1.165, 1.54) is 0 Å². The lowest BCUT2D eigenvalue weighted by atomic mass is 10.0. The lowest BCUT2D eigenvalue weighted by Crippen LogP contribution is -2.36. The summed E-state index contributed by atoms with van der Waals surface area (Å²) in [6.07, 6.45) is 3.06. The topological polar surface area (TPSA) is 78.5 Å². The highest BCUT2D eigenvalue weighted by molar-refractivity contribution is 5.76. The molecule has 7 heteroatoms. The molecule has 0 saturated carbocycles. The average Bonchev–Trinajstić information content (AvgIpc) is 3.25. The first-order valence-electron chi connectivity index (χ1n) is 10.8. The van der Waals surface area contributed by atoms with Crippen LogP contribution < -0.4 is 10.3 Å². The van der Waals surface area contributed by atoms with E-state index in [1.54, 1.807) is 7.11 Å². The predicted molar refractivity (Wildman–Crippen MR) is 115 cm³/mol. The third-order valence-corrected chi connectivity index (χ3v) is 6.14. The van der Waals surface area contributed by atoms with E-state index >= 15 is 0 Å². The number of carbonyl (C=O) groups excluding carboxylic acids is 1. The largest absolute Gasteiger partial charge is 0.496 e. The van der Waals surface area contributed by atoms with Gasteiger partial charge in [-0.3, -0.25) is 14.5 Å². The molecule has 1 saturated heterocycles. The van der Waals surface area contributed by atoms with Crippen LogP contribution in [0.5, 0.6) is 5.75 Å². The molecule has 0 spiro atoms. The van der Waals surface area contributed by atoms with Crippen molar-refractivity contribution in [1.29, 1.82) is 0 Å². The van der Waals surface area contributed by atoms with Crippen molar-refractivity contribution in [3.05, 3.63) is 57.3 Å². The van der Waals surface area contributed by atoms with E-state index in [2.05, 4.69) is 16.0 Å². The number of carbonyl (C=O) groups is 1. The van der Waals surface area contributed by atoms with Crippen molar-refractivity contribution in [2.45, 2.75) is 51.6 Å². The highest BCUT2D eigenvalue weighted by atomic mass is 16.5. The van der Waals surface area contributed by atoms with Crippen LogP contribution in [0.15, 0.2) is 29.1 Å². The first kappa shape index (κ1) is 20.6. The second kappa shape index (κ2) is 9.00. The third-order valence-electron chi connectivity index (χ3n) is 6.14. The highest BCUT2D eigenvalue weighted by Gasteiger charge is 2.30. The minimum absolute atomic E-state index is 0.0435. The number of ether oxygens (including phenoxy) is 1. The number of fused-ring (bicyclic) bond motifs is 1. The zero-order chi connectivity index (χ0) is 21.1. The lowest BCUT2D eigenvalue weighted by molar-refractivity contribution is -0.130. The first-order valence-corrected chi connectivity index (χ1v) is 10.8. The van der Waals surface area contributed by atoms with Crippen molar-refractivity contribution in [3.8, 4) is 5.75 Å². The Morgan fingerprint density at radius 2 is 2.13 bits per heavy atom. The van der Waals surface area contributed by atoms with Gasteiger partial charge in [0.2, 0.25) is 5.91 Å². The lowest BCUT2D eigenvalue weighted by Gasteiger charge is -2.28. The van der Waals surface area contributed by atoms with Gasteiger partial charge < -0.3 is 14.6 Å². The van der Waals surface area contributed by atoms with Gasteiger partial charge in [0.1, 0.15) is 11.6 Å². The Balaban J connectivity index is 1.47. The van der Waals surface area contributed by atoms with Crippen LogP contribution in [0.4, 0.5) is 0 Å². The van der Waals surface area contributed by atoms with Gasteiger partial charge in [0, 0.05) is 57.0 Å². The number of aromatic amines is 1. The van der Waals surface area contributed by atoms with Crippen molar-refractivity contribution >= 4 is 5.91 Å². The monoisotopic (exact) mass is 410 g/mol. The van der Waals surface area contributed by atoms with Gasteiger partial charge in [0.15, 0.2) is 0 Å². The van der Waals surface area contributed by atoms with E-state index in [4.69, 9.17) is 9.72 Å². The van der Waals surface area contributed by atoms with Gasteiger partial charge in [-0.25, -0.2) is 4.98 Å². The molecule has 2 aliphatic heterocycles. The molecule has 1 amide bonds. The molecule has 7 nitrogen and oxygen atoms in total. The summed E-state index contributed by atoms with van der Waals surface area (Å²) in [6, 6.07) is 7.99. The van der Waals surface area contributed by atoms with Gasteiger partial charge in [-0.15, -0.1) is 0 Å². The van der Waals surface area contributed by atoms with Crippen molar-refractivity contribution < 1.29 is 9.53 Å². The SMILES string of the molecule is CCCC(=O)N1CCC(c2nc3c(c(=O)[nH]2)CN(Cc2ccccc2OC)CC3)C1. The molecule has 1 fully saturated rings. The Morgan fingerprint density at radius 1 is 1.30 bits per heavy atom.